The van der Waals surface area contributed by atoms with Crippen LogP contribution in [-0.4, -0.2) is 30.1 Å². The van der Waals surface area contributed by atoms with E-state index >= 15 is 0 Å². The number of azo groups is 1. The SMILES string of the molecule is CCCC(=O)Oc1ccccc1/N=N/c1ccc(NC(C)=O)nc1NC(=O)OC. The maximum absolute atomic E-state index is 11.8. The van der Waals surface area contributed by atoms with Crippen LogP contribution in [0.25, 0.3) is 0 Å². The maximum Gasteiger partial charge on any atom is 0.412 e. The minimum atomic E-state index is -0.761. The lowest BCUT2D eigenvalue weighted by Crippen LogP contribution is -2.14. The number of nitrogens with one attached hydrogen (secondary N) is 2. The van der Waals surface area contributed by atoms with Crippen molar-refractivity contribution in [3.8, 4) is 5.75 Å². The topological polar surface area (TPSA) is 131 Å². The summed E-state index contributed by atoms with van der Waals surface area (Å²) in [5.41, 5.74) is 0.533. The molecule has 0 radical (unpaired) electrons. The Balaban J connectivity index is 2.32. The van der Waals surface area contributed by atoms with Gasteiger partial charge < -0.3 is 14.8 Å². The third-order valence-corrected chi connectivity index (χ3v) is 3.39. The van der Waals surface area contributed by atoms with E-state index < -0.39 is 6.09 Å². The predicted molar refractivity (Wildman–Crippen MR) is 106 cm³/mol. The molecule has 1 aromatic carbocycles. The number of aromatic nitrogens is 1. The number of benzene rings is 1. The Hall–Kier alpha value is -3.82. The monoisotopic (exact) mass is 399 g/mol. The van der Waals surface area contributed by atoms with Crippen molar-refractivity contribution in [1.29, 1.82) is 0 Å². The van der Waals surface area contributed by atoms with Crippen LogP contribution in [0.15, 0.2) is 46.6 Å². The lowest BCUT2D eigenvalue weighted by atomic mass is 10.3. The fourth-order valence-corrected chi connectivity index (χ4v) is 2.13. The second-order valence-corrected chi connectivity index (χ2v) is 5.75. The van der Waals surface area contributed by atoms with Gasteiger partial charge in [-0.25, -0.2) is 9.78 Å². The van der Waals surface area contributed by atoms with Crippen molar-refractivity contribution >= 4 is 41.0 Å². The largest absolute Gasteiger partial charge is 0.453 e. The molecule has 29 heavy (non-hydrogen) atoms. The quantitative estimate of drug-likeness (QED) is 0.404. The zero-order valence-electron chi connectivity index (χ0n) is 16.3. The van der Waals surface area contributed by atoms with Gasteiger partial charge in [0.1, 0.15) is 17.2 Å². The van der Waals surface area contributed by atoms with Gasteiger partial charge in [-0.2, -0.15) is 0 Å². The summed E-state index contributed by atoms with van der Waals surface area (Å²) in [5, 5.41) is 13.1. The summed E-state index contributed by atoms with van der Waals surface area (Å²) in [6, 6.07) is 9.68. The van der Waals surface area contributed by atoms with E-state index in [4.69, 9.17) is 4.74 Å². The van der Waals surface area contributed by atoms with E-state index in [2.05, 4.69) is 30.6 Å². The number of esters is 1. The first-order valence-corrected chi connectivity index (χ1v) is 8.78. The van der Waals surface area contributed by atoms with Gasteiger partial charge in [0.25, 0.3) is 0 Å². The molecule has 0 spiro atoms. The molecule has 2 amide bonds. The van der Waals surface area contributed by atoms with E-state index in [1.165, 1.54) is 26.2 Å². The Morgan fingerprint density at radius 1 is 1.03 bits per heavy atom. The number of para-hydroxylation sites is 1. The number of rotatable bonds is 7. The molecule has 0 fully saturated rings. The van der Waals surface area contributed by atoms with Crippen LogP contribution in [0.2, 0.25) is 0 Å². The zero-order valence-corrected chi connectivity index (χ0v) is 16.3. The number of pyridine rings is 1. The molecule has 0 unspecified atom stereocenters. The Labute approximate surface area is 167 Å². The van der Waals surface area contributed by atoms with Crippen LogP contribution in [0, 0.1) is 0 Å². The summed E-state index contributed by atoms with van der Waals surface area (Å²) in [4.78, 5) is 38.7. The van der Waals surface area contributed by atoms with Crippen molar-refractivity contribution < 1.29 is 23.9 Å². The van der Waals surface area contributed by atoms with Crippen LogP contribution in [0.3, 0.4) is 0 Å². The van der Waals surface area contributed by atoms with Gasteiger partial charge in [-0.15, -0.1) is 10.2 Å². The van der Waals surface area contributed by atoms with Gasteiger partial charge in [-0.05, 0) is 30.7 Å². The minimum Gasteiger partial charge on any atom is -0.453 e. The van der Waals surface area contributed by atoms with Gasteiger partial charge in [-0.1, -0.05) is 19.1 Å². The molecule has 0 aliphatic rings. The van der Waals surface area contributed by atoms with Crippen LogP contribution in [0.5, 0.6) is 5.75 Å². The Kier molecular flexibility index (Phi) is 7.78. The van der Waals surface area contributed by atoms with Gasteiger partial charge in [0.2, 0.25) is 5.91 Å². The summed E-state index contributed by atoms with van der Waals surface area (Å²) < 4.78 is 9.88. The smallest absolute Gasteiger partial charge is 0.412 e. The van der Waals surface area contributed by atoms with E-state index in [1.54, 1.807) is 24.3 Å². The van der Waals surface area contributed by atoms with E-state index in [1.807, 2.05) is 6.92 Å². The van der Waals surface area contributed by atoms with Crippen molar-refractivity contribution in [2.75, 3.05) is 17.7 Å². The Bertz CT molecular complexity index is 929. The first kappa shape index (κ1) is 21.5. The van der Waals surface area contributed by atoms with Gasteiger partial charge in [0, 0.05) is 13.3 Å². The molecule has 10 heteroatoms. The normalized spacial score (nSPS) is 10.4. The fourth-order valence-electron chi connectivity index (χ4n) is 2.13. The van der Waals surface area contributed by atoms with Crippen molar-refractivity contribution in [2.24, 2.45) is 10.2 Å². The van der Waals surface area contributed by atoms with Crippen molar-refractivity contribution in [3.05, 3.63) is 36.4 Å². The number of ether oxygens (including phenoxy) is 2. The first-order valence-electron chi connectivity index (χ1n) is 8.78. The molecule has 0 saturated carbocycles. The summed E-state index contributed by atoms with van der Waals surface area (Å²) in [7, 11) is 1.20. The molecule has 2 rings (SSSR count). The molecular weight excluding hydrogens is 378 g/mol. The van der Waals surface area contributed by atoms with Crippen LogP contribution < -0.4 is 15.4 Å². The first-order chi connectivity index (χ1) is 13.9. The third-order valence-electron chi connectivity index (χ3n) is 3.39. The third kappa shape index (κ3) is 6.69. The molecule has 0 aliphatic heterocycles. The van der Waals surface area contributed by atoms with Crippen molar-refractivity contribution in [2.45, 2.75) is 26.7 Å². The molecule has 1 heterocycles. The average molecular weight is 399 g/mol. The summed E-state index contributed by atoms with van der Waals surface area (Å²) in [6.45, 7) is 3.21. The summed E-state index contributed by atoms with van der Waals surface area (Å²) in [5.74, 6) is -0.174. The van der Waals surface area contributed by atoms with Gasteiger partial charge in [-0.3, -0.25) is 14.9 Å². The van der Waals surface area contributed by atoms with Crippen LogP contribution >= 0.6 is 0 Å². The number of hydrogen-bond acceptors (Lipinski definition) is 8. The van der Waals surface area contributed by atoms with Gasteiger partial charge in [0.15, 0.2) is 11.6 Å². The second kappa shape index (κ2) is 10.5. The van der Waals surface area contributed by atoms with Crippen LogP contribution in [0.1, 0.15) is 26.7 Å². The van der Waals surface area contributed by atoms with Crippen molar-refractivity contribution in [1.82, 2.24) is 4.98 Å². The number of hydrogen-bond donors (Lipinski definition) is 2. The number of carbonyl (C=O) groups is 3. The molecule has 0 bridgehead atoms. The predicted octanol–water partition coefficient (Wildman–Crippen LogP) is 4.34. The molecule has 0 atom stereocenters. The molecule has 0 saturated heterocycles. The number of nitrogens with zero attached hydrogens (tertiary/aromatic N) is 3. The van der Waals surface area contributed by atoms with Crippen LogP contribution in [-0.2, 0) is 14.3 Å². The highest BCUT2D eigenvalue weighted by atomic mass is 16.5. The average Bonchev–Trinajstić information content (AvgIpc) is 2.68. The Morgan fingerprint density at radius 2 is 1.76 bits per heavy atom. The fraction of sp³-hybridized carbons (Fsp3) is 0.263. The zero-order chi connectivity index (χ0) is 21.2. The van der Waals surface area contributed by atoms with Crippen molar-refractivity contribution in [3.63, 3.8) is 0 Å². The number of anilines is 2. The van der Waals surface area contributed by atoms with E-state index in [9.17, 15) is 14.4 Å². The van der Waals surface area contributed by atoms with E-state index in [0.717, 1.165) is 0 Å². The van der Waals surface area contributed by atoms with Gasteiger partial charge >= 0.3 is 12.1 Å². The highest BCUT2D eigenvalue weighted by Crippen LogP contribution is 2.31. The minimum absolute atomic E-state index is 0.0345. The highest BCUT2D eigenvalue weighted by molar-refractivity contribution is 5.90. The standard InChI is InChI=1S/C19H21N5O5/c1-4-7-17(26)29-15-9-6-5-8-13(15)23-24-14-10-11-16(20-12(2)25)21-18(14)22-19(27)28-3/h5-6,8-11H,4,7H2,1-3H3,(H2,20,21,22,25,27)/b24-23+. The molecule has 0 aliphatic carbocycles. The van der Waals surface area contributed by atoms with E-state index in [0.29, 0.717) is 12.1 Å². The lowest BCUT2D eigenvalue weighted by Gasteiger charge is -2.09. The van der Waals surface area contributed by atoms with E-state index in [-0.39, 0.29) is 41.4 Å². The molecule has 152 valence electrons. The number of amides is 2. The molecule has 2 aromatic rings. The van der Waals surface area contributed by atoms with Crippen LogP contribution in [0.4, 0.5) is 27.8 Å². The lowest BCUT2D eigenvalue weighted by molar-refractivity contribution is -0.134. The molecule has 10 nitrogen and oxygen atoms in total. The summed E-state index contributed by atoms with van der Waals surface area (Å²) in [6.07, 6.45) is 0.188. The van der Waals surface area contributed by atoms with Gasteiger partial charge in [0.05, 0.1) is 7.11 Å². The maximum atomic E-state index is 11.8. The number of methoxy groups -OCH3 is 1. The second-order valence-electron chi connectivity index (χ2n) is 5.75. The summed E-state index contributed by atoms with van der Waals surface area (Å²) >= 11 is 0. The number of carbonyl (C=O) groups excluding carboxylic acids is 3. The molecule has 1 aromatic heterocycles. The Morgan fingerprint density at radius 3 is 2.45 bits per heavy atom. The molecule has 2 N–H and O–H groups in total. The highest BCUT2D eigenvalue weighted by Gasteiger charge is 2.12. The molecular formula is C19H21N5O5.